The third-order valence-corrected chi connectivity index (χ3v) is 11.0. The molecule has 70 heavy (non-hydrogen) atoms. The van der Waals surface area contributed by atoms with Crippen LogP contribution in [0.2, 0.25) is 0 Å². The Morgan fingerprint density at radius 1 is 0.529 bits per heavy atom. The van der Waals surface area contributed by atoms with Crippen molar-refractivity contribution in [3.63, 3.8) is 0 Å². The molecule has 0 radical (unpaired) electrons. The number of Topliss-reactive ketones (excluding diaryl/α,β-unsaturated/α-hetero) is 1. The Morgan fingerprint density at radius 3 is 1.36 bits per heavy atom. The number of aromatic amines is 1. The van der Waals surface area contributed by atoms with Gasteiger partial charge in [-0.05, 0) is 42.2 Å². The van der Waals surface area contributed by atoms with Crippen molar-refractivity contribution >= 4 is 75.9 Å². The molecule has 25 heteroatoms. The maximum absolute atomic E-state index is 14.2. The van der Waals surface area contributed by atoms with Crippen LogP contribution in [0.4, 0.5) is 0 Å². The summed E-state index contributed by atoms with van der Waals surface area (Å²) >= 11 is 0. The molecule has 1 heterocycles. The summed E-state index contributed by atoms with van der Waals surface area (Å²) in [6, 6.07) is -4.87. The van der Waals surface area contributed by atoms with E-state index in [2.05, 4.69) is 47.5 Å². The maximum atomic E-state index is 14.2. The largest absolute Gasteiger partial charge is 0.481 e. The molecule has 2 aromatic rings. The number of rotatable bonds is 30. The number of para-hydroxylation sites is 1. The fraction of sp³-hybridized carbons (Fsp3) is 0.578. The van der Waals surface area contributed by atoms with Gasteiger partial charge in [-0.2, -0.15) is 0 Å². The molecule has 0 saturated heterocycles. The number of ketones is 1. The van der Waals surface area contributed by atoms with E-state index in [4.69, 9.17) is 5.73 Å². The highest BCUT2D eigenvalue weighted by molar-refractivity contribution is 5.99. The highest BCUT2D eigenvalue weighted by Gasteiger charge is 2.36. The molecule has 25 nitrogen and oxygen atoms in total. The summed E-state index contributed by atoms with van der Waals surface area (Å²) in [6.07, 6.45) is -0.813. The van der Waals surface area contributed by atoms with E-state index in [0.717, 1.165) is 6.92 Å². The summed E-state index contributed by atoms with van der Waals surface area (Å²) in [5, 5.41) is 58.8. The van der Waals surface area contributed by atoms with Gasteiger partial charge in [0.15, 0.2) is 5.78 Å². The number of amides is 8. The fourth-order valence-corrected chi connectivity index (χ4v) is 7.08. The maximum Gasteiger partial charge on any atom is 0.303 e. The molecule has 1 aromatic carbocycles. The summed E-state index contributed by atoms with van der Waals surface area (Å²) in [4.78, 5) is 146. The standard InChI is InChI=1S/C45H68N10O15/c1-21(2)36(33(59)17-46)53-39(64)28(12-14-34(60)61)49-41(66)30(16-25-18-47-27-11-9-8-10-26(25)27)51-42(67)32(20-57)52-45(70)38(23(5)6)54-40(65)29(13-15-35(62)63)50-44(69)37(22(3)4)55-43(68)31(19-56)48-24(7)58/h8-11,18,21-23,28-32,36-38,47,56-57H,12-17,19-20,46H2,1-7H3,(H,48,58)(H,49,66)(H,50,69)(H,51,67)(H,52,70)(H,53,64)(H,54,65)(H,55,68)(H,60,61)(H,62,63)/t28-,29-,30-,31-,32-,36-,37-,38-/m0/s1. The lowest BCUT2D eigenvalue weighted by Gasteiger charge is -2.29. The third kappa shape index (κ3) is 18.5. The number of hydrogen-bond acceptors (Lipinski definition) is 14. The summed E-state index contributed by atoms with van der Waals surface area (Å²) in [7, 11) is 0. The number of aliphatic hydroxyl groups is 2. The molecule has 2 rings (SSSR count). The van der Waals surface area contributed by atoms with Gasteiger partial charge < -0.3 is 73.7 Å². The molecule has 15 N–H and O–H groups in total. The number of carbonyl (C=O) groups excluding carboxylic acids is 9. The summed E-state index contributed by atoms with van der Waals surface area (Å²) in [5.41, 5.74) is 6.71. The van der Waals surface area contributed by atoms with Crippen molar-refractivity contribution in [1.29, 1.82) is 0 Å². The zero-order valence-corrected chi connectivity index (χ0v) is 40.3. The Labute approximate surface area is 404 Å². The zero-order chi connectivity index (χ0) is 53.0. The number of nitrogens with two attached hydrogens (primary N) is 1. The Morgan fingerprint density at radius 2 is 0.914 bits per heavy atom. The highest BCUT2D eigenvalue weighted by Crippen LogP contribution is 2.20. The van der Waals surface area contributed by atoms with Crippen molar-refractivity contribution in [3.05, 3.63) is 36.0 Å². The summed E-state index contributed by atoms with van der Waals surface area (Å²) < 4.78 is 0. The number of carboxylic acids is 2. The number of nitrogens with one attached hydrogen (secondary N) is 9. The van der Waals surface area contributed by atoms with Crippen molar-refractivity contribution in [2.75, 3.05) is 19.8 Å². The number of benzene rings is 1. The van der Waals surface area contributed by atoms with Gasteiger partial charge in [-0.25, -0.2) is 0 Å². The van der Waals surface area contributed by atoms with Gasteiger partial charge in [0.2, 0.25) is 47.3 Å². The third-order valence-electron chi connectivity index (χ3n) is 11.0. The second-order valence-electron chi connectivity index (χ2n) is 17.7. The molecule has 0 unspecified atom stereocenters. The van der Waals surface area contributed by atoms with Gasteiger partial charge in [-0.15, -0.1) is 0 Å². The lowest BCUT2D eigenvalue weighted by atomic mass is 9.98. The van der Waals surface area contributed by atoms with Gasteiger partial charge in [0.1, 0.15) is 42.3 Å². The van der Waals surface area contributed by atoms with Crippen LogP contribution in [0.15, 0.2) is 30.5 Å². The van der Waals surface area contributed by atoms with E-state index in [-0.39, 0.29) is 6.42 Å². The van der Waals surface area contributed by atoms with Crippen molar-refractivity contribution in [1.82, 2.24) is 47.5 Å². The van der Waals surface area contributed by atoms with Gasteiger partial charge in [-0.3, -0.25) is 52.7 Å². The molecule has 0 spiro atoms. The number of carbonyl (C=O) groups is 11. The summed E-state index contributed by atoms with van der Waals surface area (Å²) in [5.74, 6) is -12.6. The van der Waals surface area contributed by atoms with Gasteiger partial charge in [-0.1, -0.05) is 59.7 Å². The predicted octanol–water partition coefficient (Wildman–Crippen LogP) is -3.18. The molecule has 8 amide bonds. The van der Waals surface area contributed by atoms with E-state index in [0.29, 0.717) is 16.5 Å². The van der Waals surface area contributed by atoms with E-state index in [1.54, 1.807) is 58.2 Å². The van der Waals surface area contributed by atoms with Crippen LogP contribution in [0.3, 0.4) is 0 Å². The quantitative estimate of drug-likeness (QED) is 0.0367. The topological polar surface area (TPSA) is 407 Å². The SMILES string of the molecule is CC(=O)N[C@@H](CO)C(=O)N[C@H](C(=O)N[C@@H](CCC(=O)O)C(=O)N[C@H](C(=O)N[C@@H](CO)C(=O)N[C@@H](Cc1c[nH]c2ccccc12)C(=O)N[C@@H](CCC(=O)O)C(=O)N[C@H](C(=O)CN)C(C)C)C(C)C)C(C)C. The molecule has 0 aliphatic rings. The zero-order valence-electron chi connectivity index (χ0n) is 40.3. The minimum atomic E-state index is -1.79. The normalized spacial score (nSPS) is 14.7. The van der Waals surface area contributed by atoms with Gasteiger partial charge in [0.25, 0.3) is 0 Å². The number of hydrogen-bond donors (Lipinski definition) is 14. The first-order valence-corrected chi connectivity index (χ1v) is 22.7. The molecule has 8 atom stereocenters. The minimum Gasteiger partial charge on any atom is -0.481 e. The van der Waals surface area contributed by atoms with Crippen LogP contribution in [0, 0.1) is 17.8 Å². The highest BCUT2D eigenvalue weighted by atomic mass is 16.4. The molecule has 0 fully saturated rings. The Bertz CT molecular complexity index is 2200. The van der Waals surface area contributed by atoms with Crippen LogP contribution in [0.25, 0.3) is 10.9 Å². The van der Waals surface area contributed by atoms with E-state index >= 15 is 0 Å². The first kappa shape index (κ1) is 59.1. The number of aliphatic hydroxyl groups excluding tert-OH is 2. The number of aliphatic carboxylic acids is 2. The minimum absolute atomic E-state index is 0.242. The van der Waals surface area contributed by atoms with Crippen molar-refractivity contribution in [2.45, 2.75) is 129 Å². The average molecular weight is 989 g/mol. The molecule has 1 aromatic heterocycles. The van der Waals surface area contributed by atoms with Crippen molar-refractivity contribution in [2.24, 2.45) is 23.5 Å². The van der Waals surface area contributed by atoms with Gasteiger partial charge in [0.05, 0.1) is 25.8 Å². The van der Waals surface area contributed by atoms with Crippen LogP contribution in [-0.2, 0) is 59.2 Å². The van der Waals surface area contributed by atoms with Crippen LogP contribution in [0.5, 0.6) is 0 Å². The molecule has 388 valence electrons. The van der Waals surface area contributed by atoms with Crippen LogP contribution < -0.4 is 48.3 Å². The van der Waals surface area contributed by atoms with Crippen LogP contribution in [-0.4, -0.2) is 158 Å². The lowest BCUT2D eigenvalue weighted by molar-refractivity contribution is -0.139. The summed E-state index contributed by atoms with van der Waals surface area (Å²) in [6.45, 7) is 8.23. The van der Waals surface area contributed by atoms with E-state index < -0.39 is 177 Å². The first-order valence-electron chi connectivity index (χ1n) is 22.7. The Balaban J connectivity index is 2.43. The van der Waals surface area contributed by atoms with Gasteiger partial charge >= 0.3 is 11.9 Å². The molecular weight excluding hydrogens is 921 g/mol. The molecule has 0 aliphatic heterocycles. The average Bonchev–Trinajstić information content (AvgIpc) is 3.70. The monoisotopic (exact) mass is 988 g/mol. The van der Waals surface area contributed by atoms with Crippen molar-refractivity contribution in [3.8, 4) is 0 Å². The second-order valence-corrected chi connectivity index (χ2v) is 17.7. The number of aromatic nitrogens is 1. The molecule has 0 saturated carbocycles. The number of H-pyrrole nitrogens is 1. The lowest BCUT2D eigenvalue weighted by Crippen LogP contribution is -2.62. The van der Waals surface area contributed by atoms with Gasteiger partial charge in [0, 0.05) is 43.3 Å². The molecule has 0 aliphatic carbocycles. The van der Waals surface area contributed by atoms with E-state index in [9.17, 15) is 73.2 Å². The Hall–Kier alpha value is -6.99. The number of fused-ring (bicyclic) bond motifs is 1. The van der Waals surface area contributed by atoms with Crippen molar-refractivity contribution < 1.29 is 73.2 Å². The molecule has 0 bridgehead atoms. The first-order chi connectivity index (χ1) is 32.8. The molecular formula is C45H68N10O15. The Kier molecular flexibility index (Phi) is 24.1. The van der Waals surface area contributed by atoms with E-state index in [1.165, 1.54) is 13.8 Å². The predicted molar refractivity (Wildman–Crippen MR) is 250 cm³/mol. The smallest absolute Gasteiger partial charge is 0.303 e. The van der Waals surface area contributed by atoms with Crippen LogP contribution in [0.1, 0.15) is 79.7 Å². The van der Waals surface area contributed by atoms with Crippen LogP contribution >= 0.6 is 0 Å². The van der Waals surface area contributed by atoms with E-state index in [1.807, 2.05) is 0 Å². The fourth-order valence-electron chi connectivity index (χ4n) is 7.08. The number of carboxylic acid groups (broad SMARTS) is 2. The second kappa shape index (κ2) is 28.5.